The number of carbonyl (C=O) groups excluding carboxylic acids is 3. The van der Waals surface area contributed by atoms with Gasteiger partial charge in [-0.05, 0) is 57.0 Å². The molecule has 146 valence electrons. The fourth-order valence-electron chi connectivity index (χ4n) is 5.90. The monoisotopic (exact) mass is 505 g/mol. The van der Waals surface area contributed by atoms with Crippen LogP contribution in [0.5, 0.6) is 0 Å². The van der Waals surface area contributed by atoms with Gasteiger partial charge in [0, 0.05) is 9.49 Å². The van der Waals surface area contributed by atoms with Gasteiger partial charge in [0.1, 0.15) is 6.29 Å². The molecule has 1 aliphatic heterocycles. The van der Waals surface area contributed by atoms with E-state index in [1.807, 2.05) is 66.7 Å². The minimum atomic E-state index is -1.14. The molecule has 1 saturated heterocycles. The van der Waals surface area contributed by atoms with Crippen LogP contribution in [-0.4, -0.2) is 18.1 Å². The summed E-state index contributed by atoms with van der Waals surface area (Å²) in [4.78, 5) is 41.8. The first kappa shape index (κ1) is 18.0. The zero-order valence-electron chi connectivity index (χ0n) is 15.8. The average Bonchev–Trinajstić information content (AvgIpc) is 3.05. The van der Waals surface area contributed by atoms with E-state index in [0.29, 0.717) is 5.69 Å². The molecule has 2 bridgehead atoms. The number of imide groups is 1. The smallest absolute Gasteiger partial charge is 0.239 e. The van der Waals surface area contributed by atoms with Crippen LogP contribution >= 0.6 is 22.6 Å². The molecule has 0 aromatic heterocycles. The third kappa shape index (κ3) is 1.94. The molecule has 0 saturated carbocycles. The number of aldehydes is 1. The molecule has 1 heterocycles. The number of hydrogen-bond donors (Lipinski definition) is 0. The predicted molar refractivity (Wildman–Crippen MR) is 120 cm³/mol. The van der Waals surface area contributed by atoms with E-state index < -0.39 is 17.3 Å². The molecule has 2 atom stereocenters. The summed E-state index contributed by atoms with van der Waals surface area (Å²) in [6.45, 7) is 0. The highest BCUT2D eigenvalue weighted by Crippen LogP contribution is 2.63. The van der Waals surface area contributed by atoms with Gasteiger partial charge in [0.2, 0.25) is 11.8 Å². The van der Waals surface area contributed by atoms with E-state index in [1.54, 1.807) is 6.07 Å². The Hall–Kier alpha value is -2.80. The largest absolute Gasteiger partial charge is 0.302 e. The lowest BCUT2D eigenvalue weighted by Crippen LogP contribution is -2.54. The van der Waals surface area contributed by atoms with E-state index in [1.165, 1.54) is 4.90 Å². The van der Waals surface area contributed by atoms with Crippen LogP contribution in [0.1, 0.15) is 28.2 Å². The van der Waals surface area contributed by atoms with Crippen molar-refractivity contribution in [1.82, 2.24) is 0 Å². The first-order chi connectivity index (χ1) is 14.6. The minimum absolute atomic E-state index is 0.214. The van der Waals surface area contributed by atoms with Crippen molar-refractivity contribution in [3.05, 3.63) is 98.6 Å². The number of hydrogen-bond acceptors (Lipinski definition) is 3. The molecule has 0 unspecified atom stereocenters. The number of halogens is 1. The van der Waals surface area contributed by atoms with Crippen molar-refractivity contribution in [3.63, 3.8) is 0 Å². The Morgan fingerprint density at radius 3 is 1.97 bits per heavy atom. The number of para-hydroxylation sites is 1. The van der Waals surface area contributed by atoms with Crippen molar-refractivity contribution in [2.75, 3.05) is 4.90 Å². The van der Waals surface area contributed by atoms with Gasteiger partial charge in [0.25, 0.3) is 0 Å². The molecule has 4 nitrogen and oxygen atoms in total. The van der Waals surface area contributed by atoms with Crippen molar-refractivity contribution in [2.24, 2.45) is 11.8 Å². The molecule has 0 radical (unpaired) electrons. The van der Waals surface area contributed by atoms with Gasteiger partial charge < -0.3 is 4.79 Å². The topological polar surface area (TPSA) is 54.5 Å². The molecule has 3 aromatic rings. The summed E-state index contributed by atoms with van der Waals surface area (Å²) in [5, 5.41) is 0. The maximum Gasteiger partial charge on any atom is 0.239 e. The molecule has 7 rings (SSSR count). The standard InChI is InChI=1S/C25H16INO3/c26-18-11-5-6-12-19(18)27-23(29)21-20-14-7-1-3-9-16(14)25(13-28,22(21)24(27)30)17-10-4-2-8-15(17)20/h1-13,20-22H/t20?,21-,22+,25?/m0/s1. The highest BCUT2D eigenvalue weighted by molar-refractivity contribution is 14.1. The predicted octanol–water partition coefficient (Wildman–Crippen LogP) is 4.04. The van der Waals surface area contributed by atoms with Crippen molar-refractivity contribution in [2.45, 2.75) is 11.3 Å². The normalized spacial score (nSPS) is 28.2. The molecule has 30 heavy (non-hydrogen) atoms. The van der Waals surface area contributed by atoms with Crippen LogP contribution in [0.15, 0.2) is 72.8 Å². The summed E-state index contributed by atoms with van der Waals surface area (Å²) >= 11 is 2.15. The van der Waals surface area contributed by atoms with Gasteiger partial charge in [-0.25, -0.2) is 4.90 Å². The number of rotatable bonds is 2. The van der Waals surface area contributed by atoms with Gasteiger partial charge in [-0.2, -0.15) is 0 Å². The third-order valence-electron chi connectivity index (χ3n) is 6.96. The van der Waals surface area contributed by atoms with Crippen molar-refractivity contribution in [3.8, 4) is 0 Å². The number of nitrogens with zero attached hydrogens (tertiary/aromatic N) is 1. The summed E-state index contributed by atoms with van der Waals surface area (Å²) in [6, 6.07) is 22.9. The molecule has 3 aliphatic carbocycles. The summed E-state index contributed by atoms with van der Waals surface area (Å²) in [5.41, 5.74) is 3.13. The SMILES string of the molecule is O=CC12c3ccccc3C(c3ccccc31)[C@@H]1C(=O)N(c3ccccc3I)C(=O)[C@@H]12. The fraction of sp³-hybridized carbons (Fsp3) is 0.160. The molecule has 3 aromatic carbocycles. The van der Waals surface area contributed by atoms with Crippen LogP contribution in [0.4, 0.5) is 5.69 Å². The van der Waals surface area contributed by atoms with Gasteiger partial charge in [-0.1, -0.05) is 60.7 Å². The summed E-state index contributed by atoms with van der Waals surface area (Å²) in [5.74, 6) is -2.03. The van der Waals surface area contributed by atoms with Gasteiger partial charge in [0.15, 0.2) is 0 Å². The second-order valence-electron chi connectivity index (χ2n) is 8.11. The lowest BCUT2D eigenvalue weighted by molar-refractivity contribution is -0.128. The van der Waals surface area contributed by atoms with Crippen molar-refractivity contribution < 1.29 is 14.4 Å². The van der Waals surface area contributed by atoms with Crippen LogP contribution in [0.2, 0.25) is 0 Å². The van der Waals surface area contributed by atoms with Crippen LogP contribution in [0, 0.1) is 15.4 Å². The van der Waals surface area contributed by atoms with E-state index in [-0.39, 0.29) is 17.7 Å². The Balaban J connectivity index is 1.67. The second kappa shape index (κ2) is 6.11. The molecular weight excluding hydrogens is 489 g/mol. The number of anilines is 1. The summed E-state index contributed by atoms with van der Waals surface area (Å²) in [6.07, 6.45) is 0.905. The van der Waals surface area contributed by atoms with E-state index in [9.17, 15) is 14.4 Å². The summed E-state index contributed by atoms with van der Waals surface area (Å²) in [7, 11) is 0. The van der Waals surface area contributed by atoms with Crippen molar-refractivity contribution >= 4 is 46.4 Å². The van der Waals surface area contributed by atoms with Crippen LogP contribution in [0.3, 0.4) is 0 Å². The van der Waals surface area contributed by atoms with E-state index in [2.05, 4.69) is 22.6 Å². The highest BCUT2D eigenvalue weighted by Gasteiger charge is 2.68. The Morgan fingerprint density at radius 2 is 1.37 bits per heavy atom. The third-order valence-corrected chi connectivity index (χ3v) is 7.88. The average molecular weight is 505 g/mol. The van der Waals surface area contributed by atoms with Crippen LogP contribution in [-0.2, 0) is 19.8 Å². The van der Waals surface area contributed by atoms with Crippen LogP contribution in [0.25, 0.3) is 0 Å². The Morgan fingerprint density at radius 1 is 0.800 bits per heavy atom. The number of amides is 2. The Bertz CT molecular complexity index is 1220. The van der Waals surface area contributed by atoms with E-state index in [4.69, 9.17) is 0 Å². The zero-order valence-corrected chi connectivity index (χ0v) is 17.9. The highest BCUT2D eigenvalue weighted by atomic mass is 127. The van der Waals surface area contributed by atoms with Gasteiger partial charge in [-0.3, -0.25) is 9.59 Å². The van der Waals surface area contributed by atoms with Gasteiger partial charge >= 0.3 is 0 Å². The molecular formula is C25H16INO3. The molecule has 0 N–H and O–H groups in total. The fourth-order valence-corrected chi connectivity index (χ4v) is 6.53. The van der Waals surface area contributed by atoms with E-state index >= 15 is 0 Å². The molecule has 5 heteroatoms. The zero-order chi connectivity index (χ0) is 20.6. The summed E-state index contributed by atoms with van der Waals surface area (Å²) < 4.78 is 0.831. The minimum Gasteiger partial charge on any atom is -0.302 e. The van der Waals surface area contributed by atoms with Crippen molar-refractivity contribution in [1.29, 1.82) is 0 Å². The van der Waals surface area contributed by atoms with E-state index in [0.717, 1.165) is 32.1 Å². The molecule has 4 aliphatic rings. The lowest BCUT2D eigenvalue weighted by atomic mass is 9.48. The first-order valence-corrected chi connectivity index (χ1v) is 11.0. The van der Waals surface area contributed by atoms with Gasteiger partial charge in [-0.15, -0.1) is 0 Å². The second-order valence-corrected chi connectivity index (χ2v) is 9.27. The maximum absolute atomic E-state index is 13.8. The maximum atomic E-state index is 13.8. The molecule has 0 spiro atoms. The first-order valence-electron chi connectivity index (χ1n) is 9.88. The Labute approximate surface area is 187 Å². The van der Waals surface area contributed by atoms with Gasteiger partial charge in [0.05, 0.1) is 22.9 Å². The molecule has 2 amide bonds. The number of carbonyl (C=O) groups is 3. The number of benzene rings is 3. The Kier molecular flexibility index (Phi) is 3.67. The lowest BCUT2D eigenvalue weighted by Gasteiger charge is -2.51. The molecule has 1 fully saturated rings. The quantitative estimate of drug-likeness (QED) is 0.300. The van der Waals surface area contributed by atoms with Crippen LogP contribution < -0.4 is 4.90 Å².